The Morgan fingerprint density at radius 2 is 2.24 bits per heavy atom. The first-order valence-electron chi connectivity index (χ1n) is 5.71. The van der Waals surface area contributed by atoms with Crippen LogP contribution in [0.25, 0.3) is 0 Å². The Morgan fingerprint density at radius 1 is 1.53 bits per heavy atom. The molecule has 1 aromatic heterocycles. The van der Waals surface area contributed by atoms with Gasteiger partial charge in [-0.25, -0.2) is 4.98 Å². The van der Waals surface area contributed by atoms with Crippen molar-refractivity contribution < 1.29 is 9.53 Å². The standard InChI is InChI=1S/C12H15IN2O2/c1-17-12-10(9(13)6-7-14-12)11(16)15-8-4-2-3-5-8/h6-8H,2-5H2,1H3,(H,15,16). The highest BCUT2D eigenvalue weighted by Gasteiger charge is 2.22. The SMILES string of the molecule is COc1nccc(I)c1C(=O)NC1CCCC1. The van der Waals surface area contributed by atoms with Gasteiger partial charge in [0.2, 0.25) is 5.88 Å². The average Bonchev–Trinajstić information content (AvgIpc) is 2.81. The molecule has 0 radical (unpaired) electrons. The van der Waals surface area contributed by atoms with Crippen molar-refractivity contribution in [1.29, 1.82) is 0 Å². The molecule has 2 rings (SSSR count). The lowest BCUT2D eigenvalue weighted by atomic mass is 10.2. The first-order valence-corrected chi connectivity index (χ1v) is 6.79. The summed E-state index contributed by atoms with van der Waals surface area (Å²) in [7, 11) is 1.53. The quantitative estimate of drug-likeness (QED) is 0.855. The molecule has 1 heterocycles. The highest BCUT2D eigenvalue weighted by Crippen LogP contribution is 2.23. The van der Waals surface area contributed by atoms with Crippen LogP contribution in [0.1, 0.15) is 36.0 Å². The second kappa shape index (κ2) is 5.66. The molecular formula is C12H15IN2O2. The normalized spacial score (nSPS) is 15.9. The van der Waals surface area contributed by atoms with Crippen LogP contribution in [0.2, 0.25) is 0 Å². The molecule has 0 aliphatic heterocycles. The summed E-state index contributed by atoms with van der Waals surface area (Å²) in [6.07, 6.45) is 6.20. The minimum Gasteiger partial charge on any atom is -0.480 e. The van der Waals surface area contributed by atoms with E-state index in [1.54, 1.807) is 6.20 Å². The Bertz CT molecular complexity index is 417. The van der Waals surface area contributed by atoms with Gasteiger partial charge >= 0.3 is 0 Å². The largest absolute Gasteiger partial charge is 0.480 e. The third kappa shape index (κ3) is 2.88. The number of carbonyl (C=O) groups excluding carboxylic acids is 1. The second-order valence-electron chi connectivity index (χ2n) is 4.13. The van der Waals surface area contributed by atoms with E-state index >= 15 is 0 Å². The molecule has 1 saturated carbocycles. The van der Waals surface area contributed by atoms with Crippen molar-refractivity contribution >= 4 is 28.5 Å². The summed E-state index contributed by atoms with van der Waals surface area (Å²) in [6.45, 7) is 0. The summed E-state index contributed by atoms with van der Waals surface area (Å²) >= 11 is 2.13. The lowest BCUT2D eigenvalue weighted by Crippen LogP contribution is -2.33. The van der Waals surface area contributed by atoms with Crippen LogP contribution >= 0.6 is 22.6 Å². The van der Waals surface area contributed by atoms with E-state index in [1.807, 2.05) is 6.07 Å². The fraction of sp³-hybridized carbons (Fsp3) is 0.500. The molecule has 1 amide bonds. The fourth-order valence-corrected chi connectivity index (χ4v) is 2.74. The van der Waals surface area contributed by atoms with E-state index in [1.165, 1.54) is 20.0 Å². The fourth-order valence-electron chi connectivity index (χ4n) is 2.11. The van der Waals surface area contributed by atoms with Crippen LogP contribution in [-0.2, 0) is 0 Å². The molecule has 0 aromatic carbocycles. The number of rotatable bonds is 3. The lowest BCUT2D eigenvalue weighted by molar-refractivity contribution is 0.0933. The molecule has 1 aliphatic carbocycles. The predicted octanol–water partition coefficient (Wildman–Crippen LogP) is 2.37. The van der Waals surface area contributed by atoms with E-state index in [0.717, 1.165) is 16.4 Å². The number of carbonyl (C=O) groups is 1. The first-order chi connectivity index (χ1) is 8.22. The van der Waals surface area contributed by atoms with Gasteiger partial charge in [-0.15, -0.1) is 0 Å². The molecule has 0 bridgehead atoms. The van der Waals surface area contributed by atoms with Crippen molar-refractivity contribution in [1.82, 2.24) is 10.3 Å². The van der Waals surface area contributed by atoms with Gasteiger partial charge in [0.15, 0.2) is 0 Å². The zero-order valence-corrected chi connectivity index (χ0v) is 11.9. The highest BCUT2D eigenvalue weighted by molar-refractivity contribution is 14.1. The van der Waals surface area contributed by atoms with Crippen molar-refractivity contribution in [2.45, 2.75) is 31.7 Å². The van der Waals surface area contributed by atoms with E-state index < -0.39 is 0 Å². The number of ether oxygens (including phenoxy) is 1. The minimum absolute atomic E-state index is 0.0775. The zero-order valence-electron chi connectivity index (χ0n) is 9.70. The Morgan fingerprint density at radius 3 is 2.88 bits per heavy atom. The van der Waals surface area contributed by atoms with E-state index in [-0.39, 0.29) is 5.91 Å². The molecule has 92 valence electrons. The Labute approximate surface area is 114 Å². The number of nitrogens with one attached hydrogen (secondary N) is 1. The third-order valence-corrected chi connectivity index (χ3v) is 3.88. The molecule has 5 heteroatoms. The number of hydrogen-bond acceptors (Lipinski definition) is 3. The topological polar surface area (TPSA) is 51.2 Å². The maximum Gasteiger partial charge on any atom is 0.258 e. The molecule has 0 saturated heterocycles. The van der Waals surface area contributed by atoms with Crippen molar-refractivity contribution in [3.05, 3.63) is 21.4 Å². The monoisotopic (exact) mass is 346 g/mol. The molecule has 1 fully saturated rings. The minimum atomic E-state index is -0.0775. The van der Waals surface area contributed by atoms with Crippen LogP contribution in [0.4, 0.5) is 0 Å². The number of aromatic nitrogens is 1. The summed E-state index contributed by atoms with van der Waals surface area (Å²) in [5.74, 6) is 0.318. The summed E-state index contributed by atoms with van der Waals surface area (Å²) in [4.78, 5) is 16.2. The maximum atomic E-state index is 12.2. The van der Waals surface area contributed by atoms with Crippen LogP contribution in [0, 0.1) is 3.57 Å². The number of amides is 1. The molecule has 4 nitrogen and oxygen atoms in total. The van der Waals surface area contributed by atoms with E-state index in [4.69, 9.17) is 4.74 Å². The van der Waals surface area contributed by atoms with Crippen molar-refractivity contribution in [2.24, 2.45) is 0 Å². The molecule has 1 aromatic rings. The number of nitrogens with zero attached hydrogens (tertiary/aromatic N) is 1. The van der Waals surface area contributed by atoms with Gasteiger partial charge in [0.1, 0.15) is 5.56 Å². The molecular weight excluding hydrogens is 331 g/mol. The van der Waals surface area contributed by atoms with Crippen LogP contribution in [0.3, 0.4) is 0 Å². The van der Waals surface area contributed by atoms with E-state index in [0.29, 0.717) is 17.5 Å². The van der Waals surface area contributed by atoms with Gasteiger partial charge in [-0.2, -0.15) is 0 Å². The van der Waals surface area contributed by atoms with Crippen LogP contribution < -0.4 is 10.1 Å². The lowest BCUT2D eigenvalue weighted by Gasteiger charge is -2.14. The number of halogens is 1. The van der Waals surface area contributed by atoms with Crippen molar-refractivity contribution in [2.75, 3.05) is 7.11 Å². The Hall–Kier alpha value is -0.850. The van der Waals surface area contributed by atoms with Crippen LogP contribution in [0.15, 0.2) is 12.3 Å². The molecule has 1 aliphatic rings. The molecule has 17 heavy (non-hydrogen) atoms. The molecule has 0 atom stereocenters. The Balaban J connectivity index is 2.17. The molecule has 0 unspecified atom stereocenters. The average molecular weight is 346 g/mol. The van der Waals surface area contributed by atoms with E-state index in [2.05, 4.69) is 32.9 Å². The summed E-state index contributed by atoms with van der Waals surface area (Å²) < 4.78 is 6.00. The van der Waals surface area contributed by atoms with Gasteiger partial charge in [-0.3, -0.25) is 4.79 Å². The van der Waals surface area contributed by atoms with Gasteiger partial charge < -0.3 is 10.1 Å². The van der Waals surface area contributed by atoms with Gasteiger partial charge in [-0.1, -0.05) is 12.8 Å². The summed E-state index contributed by atoms with van der Waals surface area (Å²) in [5.41, 5.74) is 0.544. The number of hydrogen-bond donors (Lipinski definition) is 1. The van der Waals surface area contributed by atoms with Gasteiger partial charge in [0, 0.05) is 15.8 Å². The number of pyridine rings is 1. The smallest absolute Gasteiger partial charge is 0.258 e. The first kappa shape index (κ1) is 12.6. The van der Waals surface area contributed by atoms with Gasteiger partial charge in [0.05, 0.1) is 7.11 Å². The Kier molecular flexibility index (Phi) is 4.20. The van der Waals surface area contributed by atoms with Crippen LogP contribution in [0.5, 0.6) is 5.88 Å². The van der Waals surface area contributed by atoms with Crippen LogP contribution in [-0.4, -0.2) is 24.0 Å². The third-order valence-electron chi connectivity index (χ3n) is 2.98. The van der Waals surface area contributed by atoms with E-state index in [9.17, 15) is 4.79 Å². The van der Waals surface area contributed by atoms with Crippen molar-refractivity contribution in [3.8, 4) is 5.88 Å². The van der Waals surface area contributed by atoms with Crippen molar-refractivity contribution in [3.63, 3.8) is 0 Å². The second-order valence-corrected chi connectivity index (χ2v) is 5.29. The highest BCUT2D eigenvalue weighted by atomic mass is 127. The van der Waals surface area contributed by atoms with Gasteiger partial charge in [0.25, 0.3) is 5.91 Å². The molecule has 0 spiro atoms. The zero-order chi connectivity index (χ0) is 12.3. The predicted molar refractivity (Wildman–Crippen MR) is 73.2 cm³/mol. The summed E-state index contributed by atoms with van der Waals surface area (Å²) in [6, 6.07) is 2.12. The number of methoxy groups -OCH3 is 1. The molecule has 1 N–H and O–H groups in total. The summed E-state index contributed by atoms with van der Waals surface area (Å²) in [5, 5.41) is 3.05. The van der Waals surface area contributed by atoms with Gasteiger partial charge in [-0.05, 0) is 41.5 Å². The maximum absolute atomic E-state index is 12.2.